The topological polar surface area (TPSA) is 44.1 Å². The van der Waals surface area contributed by atoms with Gasteiger partial charge in [0.15, 0.2) is 0 Å². The molecule has 0 aliphatic rings. The Balaban J connectivity index is 3.06. The highest BCUT2D eigenvalue weighted by atomic mass is 16.2. The smallest absolute Gasteiger partial charge is 0.326 e. The zero-order chi connectivity index (χ0) is 12.9. The van der Waals surface area contributed by atoms with Gasteiger partial charge in [0, 0.05) is 13.6 Å². The van der Waals surface area contributed by atoms with Crippen molar-refractivity contribution in [2.45, 2.75) is 71.1 Å². The van der Waals surface area contributed by atoms with E-state index in [1.165, 1.54) is 62.7 Å². The molecule has 0 aliphatic heterocycles. The normalized spacial score (nSPS) is 10.5. The van der Waals surface area contributed by atoms with Gasteiger partial charge in [-0.1, -0.05) is 64.7 Å². The number of carbonyl (C=O) groups excluding carboxylic acids is 1. The molecule has 17 heavy (non-hydrogen) atoms. The predicted molar refractivity (Wildman–Crippen MR) is 73.0 cm³/mol. The summed E-state index contributed by atoms with van der Waals surface area (Å²) in [6.45, 7) is 2.98. The van der Waals surface area contributed by atoms with Crippen LogP contribution in [0.1, 0.15) is 71.1 Å². The third kappa shape index (κ3) is 11.5. The molecule has 3 nitrogen and oxygen atoms in total. The Labute approximate surface area is 107 Å². The zero-order valence-electron chi connectivity index (χ0n) is 11.6. The maximum Gasteiger partial charge on any atom is 0.335 e. The van der Waals surface area contributed by atoms with Crippen molar-refractivity contribution in [1.29, 1.82) is 0 Å². The van der Waals surface area contributed by atoms with Crippen molar-refractivity contribution in [2.75, 3.05) is 13.6 Å². The molecule has 101 valence electrons. The highest BCUT2D eigenvalue weighted by Gasteiger charge is 2.02. The van der Waals surface area contributed by atoms with Gasteiger partial charge >= 0.3 is 6.03 Å². The molecule has 3 heteroatoms. The first-order valence-electron chi connectivity index (χ1n) is 7.15. The van der Waals surface area contributed by atoms with Crippen molar-refractivity contribution >= 4 is 6.03 Å². The molecular formula is C14H29N2O. The molecule has 0 saturated carbocycles. The van der Waals surface area contributed by atoms with E-state index < -0.39 is 6.03 Å². The molecule has 0 bridgehead atoms. The molecule has 0 spiro atoms. The summed E-state index contributed by atoms with van der Waals surface area (Å²) in [5.74, 6) is 0. The summed E-state index contributed by atoms with van der Waals surface area (Å²) in [6, 6.07) is -0.569. The standard InChI is InChI=1S/C14H29N2O/c1-3-4-5-6-7-8-9-10-11-12-13-16(2)14(15)17/h15H,3-13H2,1-2H3. The van der Waals surface area contributed by atoms with Gasteiger partial charge in [0.2, 0.25) is 0 Å². The Hall–Kier alpha value is -0.730. The van der Waals surface area contributed by atoms with E-state index in [9.17, 15) is 4.79 Å². The average molecular weight is 241 g/mol. The van der Waals surface area contributed by atoms with Gasteiger partial charge in [-0.15, -0.1) is 0 Å². The molecule has 0 aromatic heterocycles. The molecule has 0 aromatic rings. The number of hydrogen-bond donors (Lipinski definition) is 0. The second-order valence-electron chi connectivity index (χ2n) is 4.91. The van der Waals surface area contributed by atoms with Gasteiger partial charge in [0.1, 0.15) is 0 Å². The Bertz CT molecular complexity index is 183. The SMILES string of the molecule is CCCCCCCCCCCCN(C)C([NH])=O. The number of nitrogens with one attached hydrogen (secondary N) is 1. The molecule has 1 N–H and O–H groups in total. The van der Waals surface area contributed by atoms with Crippen molar-refractivity contribution in [3.8, 4) is 0 Å². The quantitative estimate of drug-likeness (QED) is 0.499. The van der Waals surface area contributed by atoms with E-state index >= 15 is 0 Å². The Morgan fingerprint density at radius 2 is 1.29 bits per heavy atom. The average Bonchev–Trinajstić information content (AvgIpc) is 2.31. The first kappa shape index (κ1) is 16.3. The number of nitrogens with zero attached hydrogens (tertiary/aromatic N) is 1. The van der Waals surface area contributed by atoms with Crippen LogP contribution in [0.2, 0.25) is 0 Å². The van der Waals surface area contributed by atoms with Crippen LogP contribution in [-0.4, -0.2) is 24.5 Å². The summed E-state index contributed by atoms with van der Waals surface area (Å²) in [5, 5.41) is 0. The Morgan fingerprint density at radius 3 is 1.71 bits per heavy atom. The molecule has 0 aliphatic carbocycles. The van der Waals surface area contributed by atoms with E-state index in [2.05, 4.69) is 6.92 Å². The van der Waals surface area contributed by atoms with E-state index in [1.807, 2.05) is 0 Å². The highest BCUT2D eigenvalue weighted by molar-refractivity contribution is 5.70. The molecule has 2 amide bonds. The van der Waals surface area contributed by atoms with E-state index in [-0.39, 0.29) is 0 Å². The van der Waals surface area contributed by atoms with Gasteiger partial charge in [-0.05, 0) is 6.42 Å². The van der Waals surface area contributed by atoms with Crippen LogP contribution in [0.15, 0.2) is 0 Å². The lowest BCUT2D eigenvalue weighted by Crippen LogP contribution is -2.26. The first-order valence-corrected chi connectivity index (χ1v) is 7.15. The van der Waals surface area contributed by atoms with Crippen molar-refractivity contribution in [1.82, 2.24) is 10.6 Å². The number of hydrogen-bond acceptors (Lipinski definition) is 1. The predicted octanol–water partition coefficient (Wildman–Crippen LogP) is 4.24. The zero-order valence-corrected chi connectivity index (χ0v) is 11.6. The monoisotopic (exact) mass is 241 g/mol. The lowest BCUT2D eigenvalue weighted by atomic mass is 10.1. The molecule has 0 heterocycles. The van der Waals surface area contributed by atoms with Gasteiger partial charge in [-0.2, -0.15) is 0 Å². The van der Waals surface area contributed by atoms with E-state index in [1.54, 1.807) is 7.05 Å². The molecule has 0 rings (SSSR count). The summed E-state index contributed by atoms with van der Waals surface area (Å²) in [4.78, 5) is 12.1. The van der Waals surface area contributed by atoms with Crippen LogP contribution in [0, 0.1) is 0 Å². The van der Waals surface area contributed by atoms with Crippen molar-refractivity contribution < 1.29 is 4.79 Å². The van der Waals surface area contributed by atoms with Gasteiger partial charge in [0.05, 0.1) is 0 Å². The molecule has 0 aromatic carbocycles. The van der Waals surface area contributed by atoms with E-state index in [0.717, 1.165) is 13.0 Å². The second kappa shape index (κ2) is 11.7. The maximum atomic E-state index is 10.6. The van der Waals surface area contributed by atoms with Crippen molar-refractivity contribution in [3.05, 3.63) is 0 Å². The fourth-order valence-electron chi connectivity index (χ4n) is 1.94. The molecule has 0 saturated heterocycles. The maximum absolute atomic E-state index is 10.6. The van der Waals surface area contributed by atoms with Crippen LogP contribution in [0.3, 0.4) is 0 Å². The minimum absolute atomic E-state index is 0.569. The summed E-state index contributed by atoms with van der Waals surface area (Å²) >= 11 is 0. The second-order valence-corrected chi connectivity index (χ2v) is 4.91. The molecule has 0 fully saturated rings. The van der Waals surface area contributed by atoms with Crippen LogP contribution >= 0.6 is 0 Å². The summed E-state index contributed by atoms with van der Waals surface area (Å²) in [7, 11) is 1.70. The number of rotatable bonds is 11. The van der Waals surface area contributed by atoms with Gasteiger partial charge in [-0.25, -0.2) is 10.5 Å². The van der Waals surface area contributed by atoms with E-state index in [0.29, 0.717) is 0 Å². The minimum Gasteiger partial charge on any atom is -0.326 e. The highest BCUT2D eigenvalue weighted by Crippen LogP contribution is 2.10. The van der Waals surface area contributed by atoms with Crippen molar-refractivity contribution in [2.24, 2.45) is 0 Å². The fraction of sp³-hybridized carbons (Fsp3) is 0.929. The number of unbranched alkanes of at least 4 members (excludes halogenated alkanes) is 9. The Kier molecular flexibility index (Phi) is 11.2. The van der Waals surface area contributed by atoms with Gasteiger partial charge < -0.3 is 4.90 Å². The van der Waals surface area contributed by atoms with Crippen LogP contribution in [-0.2, 0) is 0 Å². The van der Waals surface area contributed by atoms with Crippen LogP contribution < -0.4 is 5.73 Å². The number of carbonyl (C=O) groups is 1. The number of urea groups is 1. The summed E-state index contributed by atoms with van der Waals surface area (Å²) in [5.41, 5.74) is 6.90. The van der Waals surface area contributed by atoms with Gasteiger partial charge in [0.25, 0.3) is 0 Å². The largest absolute Gasteiger partial charge is 0.335 e. The number of amides is 2. The summed E-state index contributed by atoms with van der Waals surface area (Å²) in [6.07, 6.45) is 13.1. The fourth-order valence-corrected chi connectivity index (χ4v) is 1.94. The first-order chi connectivity index (χ1) is 8.18. The van der Waals surface area contributed by atoms with Crippen LogP contribution in [0.4, 0.5) is 4.79 Å². The third-order valence-corrected chi connectivity index (χ3v) is 3.19. The van der Waals surface area contributed by atoms with Crippen LogP contribution in [0.25, 0.3) is 0 Å². The Morgan fingerprint density at radius 1 is 0.882 bits per heavy atom. The lowest BCUT2D eigenvalue weighted by molar-refractivity contribution is 0.216. The van der Waals surface area contributed by atoms with Crippen LogP contribution in [0.5, 0.6) is 0 Å². The molecular weight excluding hydrogens is 212 g/mol. The third-order valence-electron chi connectivity index (χ3n) is 3.19. The molecule has 0 unspecified atom stereocenters. The molecule has 0 atom stereocenters. The summed E-state index contributed by atoms with van der Waals surface area (Å²) < 4.78 is 0. The molecule has 1 radical (unpaired) electrons. The van der Waals surface area contributed by atoms with Crippen molar-refractivity contribution in [3.63, 3.8) is 0 Å². The minimum atomic E-state index is -0.569. The lowest BCUT2D eigenvalue weighted by Gasteiger charge is -2.12. The van der Waals surface area contributed by atoms with E-state index in [4.69, 9.17) is 5.73 Å². The van der Waals surface area contributed by atoms with Gasteiger partial charge in [-0.3, -0.25) is 0 Å².